The zero-order valence-electron chi connectivity index (χ0n) is 4.00. The van der Waals surface area contributed by atoms with Crippen LogP contribution in [-0.4, -0.2) is 37.4 Å². The third kappa shape index (κ3) is 33.1. The van der Waals surface area contributed by atoms with Crippen LogP contribution in [0.2, 0.25) is 14.8 Å². The standard InChI is InChI=1S/3CH3.Ge.Sn/h3*1H3;;. The number of hydrogen-bond acceptors (Lipinski definition) is 0. The van der Waals surface area contributed by atoms with Crippen molar-refractivity contribution in [1.82, 2.24) is 0 Å². The van der Waals surface area contributed by atoms with Crippen molar-refractivity contribution >= 4 is 37.4 Å². The molecule has 0 unspecified atom stereocenters. The zero-order valence-corrected chi connectivity index (χ0v) is 8.95. The molecule has 0 amide bonds. The van der Waals surface area contributed by atoms with Crippen molar-refractivity contribution in [3.8, 4) is 0 Å². The molecule has 0 spiro atoms. The maximum absolute atomic E-state index is 2.36. The van der Waals surface area contributed by atoms with Gasteiger partial charge >= 0.3 is 34.6 Å². The second-order valence-corrected chi connectivity index (χ2v) is 10.1. The normalized spacial score (nSPS) is 7.20. The Morgan fingerprint density at radius 3 is 1.00 bits per heavy atom. The molecule has 0 aromatic carbocycles. The molecule has 0 aliphatic heterocycles. The SMILES string of the molecule is [CH3][Sn]([CH3])[CH3].[Ge]. The third-order valence-electron chi connectivity index (χ3n) is 0. The summed E-state index contributed by atoms with van der Waals surface area (Å²) in [7, 11) is 0. The molecule has 5 radical (unpaired) electrons. The predicted octanol–water partition coefficient (Wildman–Crippen LogP) is 0.990. The second kappa shape index (κ2) is 5.34. The van der Waals surface area contributed by atoms with E-state index in [2.05, 4.69) is 14.8 Å². The van der Waals surface area contributed by atoms with Gasteiger partial charge in [0.05, 0.1) is 0 Å². The van der Waals surface area contributed by atoms with Gasteiger partial charge in [0.1, 0.15) is 0 Å². The van der Waals surface area contributed by atoms with Crippen LogP contribution in [0.5, 0.6) is 0 Å². The molecular weight excluding hydrogens is 227 g/mol. The topological polar surface area (TPSA) is 0 Å². The Bertz CT molecular complexity index is 11.6. The van der Waals surface area contributed by atoms with Crippen LogP contribution in [0, 0.1) is 0 Å². The molecule has 0 aromatic rings. The minimum Gasteiger partial charge on any atom is 0 e. The molecule has 0 saturated heterocycles. The van der Waals surface area contributed by atoms with Gasteiger partial charge in [0.15, 0.2) is 0 Å². The first-order valence-corrected chi connectivity index (χ1v) is 10.1. The first kappa shape index (κ1) is 9.60. The van der Waals surface area contributed by atoms with Crippen LogP contribution in [0.4, 0.5) is 0 Å². The van der Waals surface area contributed by atoms with E-state index < -0.39 is 19.8 Å². The summed E-state index contributed by atoms with van der Waals surface area (Å²) in [5, 5.41) is 0. The summed E-state index contributed by atoms with van der Waals surface area (Å²) < 4.78 is 0. The van der Waals surface area contributed by atoms with Crippen molar-refractivity contribution in [2.24, 2.45) is 0 Å². The molecule has 2 heteroatoms. The molecule has 0 nitrogen and oxygen atoms in total. The van der Waals surface area contributed by atoms with Gasteiger partial charge in [0.2, 0.25) is 0 Å². The smallest absolute Gasteiger partial charge is 0 e. The molecular formula is C3H9GeSn. The summed E-state index contributed by atoms with van der Waals surface area (Å²) in [5.74, 6) is 0. The van der Waals surface area contributed by atoms with Crippen molar-refractivity contribution < 1.29 is 0 Å². The zero-order chi connectivity index (χ0) is 3.58. The Labute approximate surface area is 52.0 Å². The van der Waals surface area contributed by atoms with Crippen molar-refractivity contribution in [1.29, 1.82) is 0 Å². The van der Waals surface area contributed by atoms with Crippen LogP contribution >= 0.6 is 0 Å². The minimum atomic E-state index is -0.543. The van der Waals surface area contributed by atoms with Crippen molar-refractivity contribution in [2.45, 2.75) is 14.8 Å². The van der Waals surface area contributed by atoms with Gasteiger partial charge in [-0.15, -0.1) is 0 Å². The molecule has 0 atom stereocenters. The van der Waals surface area contributed by atoms with Crippen LogP contribution < -0.4 is 0 Å². The summed E-state index contributed by atoms with van der Waals surface area (Å²) in [4.78, 5) is 7.09. The molecule has 5 heavy (non-hydrogen) atoms. The quantitative estimate of drug-likeness (QED) is 0.550. The Kier molecular flexibility index (Phi) is 10.3. The van der Waals surface area contributed by atoms with Crippen molar-refractivity contribution in [2.75, 3.05) is 0 Å². The average Bonchev–Trinajstić information content (AvgIpc) is 0.811. The first-order chi connectivity index (χ1) is 1.73. The van der Waals surface area contributed by atoms with E-state index in [9.17, 15) is 0 Å². The van der Waals surface area contributed by atoms with E-state index in [4.69, 9.17) is 0 Å². The fourth-order valence-electron chi connectivity index (χ4n) is 0. The summed E-state index contributed by atoms with van der Waals surface area (Å²) in [6, 6.07) is 0. The Balaban J connectivity index is 0. The molecule has 0 bridgehead atoms. The van der Waals surface area contributed by atoms with Gasteiger partial charge in [0.25, 0.3) is 0 Å². The molecule has 0 aliphatic rings. The summed E-state index contributed by atoms with van der Waals surface area (Å²) in [5.41, 5.74) is 0. The third-order valence-corrected chi connectivity index (χ3v) is 0. The molecule has 0 heterocycles. The van der Waals surface area contributed by atoms with Crippen molar-refractivity contribution in [3.63, 3.8) is 0 Å². The molecule has 0 fully saturated rings. The van der Waals surface area contributed by atoms with Crippen molar-refractivity contribution in [3.05, 3.63) is 0 Å². The summed E-state index contributed by atoms with van der Waals surface area (Å²) in [6.45, 7) is 0. The number of rotatable bonds is 0. The van der Waals surface area contributed by atoms with Crippen LogP contribution in [0.25, 0.3) is 0 Å². The average molecular weight is 236 g/mol. The maximum atomic E-state index is 2.36. The molecule has 0 rings (SSSR count). The van der Waals surface area contributed by atoms with Gasteiger partial charge in [-0.3, -0.25) is 0 Å². The summed E-state index contributed by atoms with van der Waals surface area (Å²) >= 11 is -0.543. The van der Waals surface area contributed by atoms with E-state index in [0.717, 1.165) is 0 Å². The Morgan fingerprint density at radius 1 is 1.00 bits per heavy atom. The minimum absolute atomic E-state index is 0. The van der Waals surface area contributed by atoms with E-state index in [0.29, 0.717) is 0 Å². The van der Waals surface area contributed by atoms with Crippen LogP contribution in [0.3, 0.4) is 0 Å². The van der Waals surface area contributed by atoms with Gasteiger partial charge in [0, 0.05) is 17.6 Å². The molecule has 29 valence electrons. The second-order valence-electron chi connectivity index (χ2n) is 1.50. The largest absolute Gasteiger partial charge is 0 e. The van der Waals surface area contributed by atoms with E-state index in [-0.39, 0.29) is 17.6 Å². The van der Waals surface area contributed by atoms with Gasteiger partial charge in [-0.05, 0) is 0 Å². The van der Waals surface area contributed by atoms with Gasteiger partial charge in [-0.2, -0.15) is 0 Å². The Hall–Kier alpha value is 1.34. The van der Waals surface area contributed by atoms with E-state index >= 15 is 0 Å². The molecule has 0 aliphatic carbocycles. The monoisotopic (exact) mass is 239 g/mol. The van der Waals surface area contributed by atoms with E-state index in [1.54, 1.807) is 0 Å². The maximum Gasteiger partial charge on any atom is 0 e. The Morgan fingerprint density at radius 2 is 1.00 bits per heavy atom. The predicted molar refractivity (Wildman–Crippen MR) is 29.1 cm³/mol. The van der Waals surface area contributed by atoms with Crippen LogP contribution in [0.1, 0.15) is 0 Å². The van der Waals surface area contributed by atoms with E-state index in [1.165, 1.54) is 0 Å². The number of hydrogen-bond donors (Lipinski definition) is 0. The van der Waals surface area contributed by atoms with Gasteiger partial charge < -0.3 is 0 Å². The van der Waals surface area contributed by atoms with Gasteiger partial charge in [-0.1, -0.05) is 0 Å². The van der Waals surface area contributed by atoms with Crippen LogP contribution in [-0.2, 0) is 0 Å². The summed E-state index contributed by atoms with van der Waals surface area (Å²) in [6.07, 6.45) is 0. The molecule has 0 N–H and O–H groups in total. The molecule has 0 saturated carbocycles. The fourth-order valence-corrected chi connectivity index (χ4v) is 0. The van der Waals surface area contributed by atoms with Crippen LogP contribution in [0.15, 0.2) is 0 Å². The fraction of sp³-hybridized carbons (Fsp3) is 1.00. The first-order valence-electron chi connectivity index (χ1n) is 1.50. The van der Waals surface area contributed by atoms with E-state index in [1.807, 2.05) is 0 Å². The van der Waals surface area contributed by atoms with Gasteiger partial charge in [-0.25, -0.2) is 0 Å². The molecule has 0 aromatic heterocycles.